The van der Waals surface area contributed by atoms with Gasteiger partial charge in [-0.3, -0.25) is 0 Å². The molecule has 2 bridgehead atoms. The third-order valence-corrected chi connectivity index (χ3v) is 9.52. The van der Waals surface area contributed by atoms with E-state index in [1.807, 2.05) is 22.9 Å². The predicted octanol–water partition coefficient (Wildman–Crippen LogP) is 5.69. The van der Waals surface area contributed by atoms with Crippen molar-refractivity contribution < 1.29 is 37.0 Å². The first-order valence-electron chi connectivity index (χ1n) is 12.4. The molecule has 1 unspecified atom stereocenters. The Morgan fingerprint density at radius 3 is 2.30 bits per heavy atom. The second kappa shape index (κ2) is 10.4. The molecule has 0 aliphatic carbocycles. The van der Waals surface area contributed by atoms with Gasteiger partial charge in [0.25, 0.3) is 0 Å². The molecule has 1 atom stereocenters. The van der Waals surface area contributed by atoms with Gasteiger partial charge in [0.15, 0.2) is 6.10 Å². The lowest BCUT2D eigenvalue weighted by Gasteiger charge is -2.52. The highest BCUT2D eigenvalue weighted by atomic mass is 32.1. The molecule has 6 rings (SSSR count). The van der Waals surface area contributed by atoms with Crippen molar-refractivity contribution in [1.29, 1.82) is 0 Å². The first kappa shape index (κ1) is 26.2. The number of carbonyl (C=O) groups is 1. The average molecular weight is 553 g/mol. The van der Waals surface area contributed by atoms with E-state index in [-0.39, 0.29) is 17.8 Å². The number of fused-ring (bicyclic) bond motifs is 3. The Morgan fingerprint density at radius 2 is 1.70 bits per heavy atom. The fourth-order valence-corrected chi connectivity index (χ4v) is 7.25. The van der Waals surface area contributed by atoms with E-state index in [0.29, 0.717) is 29.3 Å². The molecule has 5 nitrogen and oxygen atoms in total. The number of quaternary nitrogens is 1. The van der Waals surface area contributed by atoms with Gasteiger partial charge in [-0.1, -0.05) is 18.2 Å². The van der Waals surface area contributed by atoms with Crippen molar-refractivity contribution in [2.45, 2.75) is 37.1 Å². The van der Waals surface area contributed by atoms with Gasteiger partial charge in [-0.25, -0.2) is 4.79 Å². The molecular formula is C27H29F3NO4S2+. The minimum atomic E-state index is -4.40. The van der Waals surface area contributed by atoms with Gasteiger partial charge >= 0.3 is 12.1 Å². The summed E-state index contributed by atoms with van der Waals surface area (Å²) < 4.78 is 51.3. The normalized spacial score (nSPS) is 23.7. The molecule has 3 aromatic rings. The summed E-state index contributed by atoms with van der Waals surface area (Å²) in [6.07, 6.45) is -2.14. The van der Waals surface area contributed by atoms with E-state index in [4.69, 9.17) is 9.47 Å². The molecule has 3 aliphatic rings. The topological polar surface area (TPSA) is 55.8 Å². The quantitative estimate of drug-likeness (QED) is 0.211. The highest BCUT2D eigenvalue weighted by Gasteiger charge is 2.51. The summed E-state index contributed by atoms with van der Waals surface area (Å²) in [6, 6.07) is 12.1. The van der Waals surface area contributed by atoms with Crippen LogP contribution >= 0.6 is 22.7 Å². The second-order valence-corrected chi connectivity index (χ2v) is 11.8. The second-order valence-electron chi connectivity index (χ2n) is 9.87. The van der Waals surface area contributed by atoms with Gasteiger partial charge in [0.2, 0.25) is 5.60 Å². The first-order valence-corrected chi connectivity index (χ1v) is 14.1. The third kappa shape index (κ3) is 5.43. The molecule has 198 valence electrons. The maximum absolute atomic E-state index is 13.5. The molecule has 2 aromatic heterocycles. The summed E-state index contributed by atoms with van der Waals surface area (Å²) in [5.41, 5.74) is -2.54. The average Bonchev–Trinajstić information content (AvgIpc) is 3.62. The van der Waals surface area contributed by atoms with Crippen LogP contribution in [0.3, 0.4) is 0 Å². The molecule has 0 saturated carbocycles. The number of piperidine rings is 3. The van der Waals surface area contributed by atoms with Crippen molar-refractivity contribution in [3.05, 3.63) is 74.6 Å². The van der Waals surface area contributed by atoms with Crippen LogP contribution in [0.15, 0.2) is 59.3 Å². The zero-order valence-electron chi connectivity index (χ0n) is 20.2. The Hall–Kier alpha value is -2.40. The summed E-state index contributed by atoms with van der Waals surface area (Å²) in [6.45, 7) is 3.72. The Labute approximate surface area is 221 Å². The van der Waals surface area contributed by atoms with Crippen LogP contribution in [0.25, 0.3) is 0 Å². The van der Waals surface area contributed by atoms with Crippen LogP contribution in [0.4, 0.5) is 13.2 Å². The zero-order valence-corrected chi connectivity index (χ0v) is 21.8. The standard InChI is InChI=1S/C27H29F3NO4S2/c28-27(29,30)20-5-1-6-21(17-20)34-14-4-11-31-12-9-19(10-13-31)22(18-31)35-25(32)26(33,23-7-2-15-36-23)24-8-3-16-37-24/h1-3,5-8,15-17,19,22,33H,4,9-14,18H2/q+1. The number of halogens is 3. The number of esters is 1. The number of hydrogen-bond donors (Lipinski definition) is 1. The number of hydrogen-bond acceptors (Lipinski definition) is 6. The Morgan fingerprint density at radius 1 is 1.03 bits per heavy atom. The minimum absolute atomic E-state index is 0.209. The van der Waals surface area contributed by atoms with E-state index in [2.05, 4.69) is 0 Å². The monoisotopic (exact) mass is 552 g/mol. The number of nitrogens with zero attached hydrogens (tertiary/aromatic N) is 1. The Kier molecular flexibility index (Phi) is 7.37. The molecule has 0 spiro atoms. The highest BCUT2D eigenvalue weighted by molar-refractivity contribution is 7.12. The molecule has 0 amide bonds. The van der Waals surface area contributed by atoms with E-state index in [1.165, 1.54) is 34.8 Å². The van der Waals surface area contributed by atoms with Crippen LogP contribution in [0.2, 0.25) is 0 Å². The van der Waals surface area contributed by atoms with Crippen molar-refractivity contribution in [2.24, 2.45) is 5.92 Å². The first-order chi connectivity index (χ1) is 17.7. The third-order valence-electron chi connectivity index (χ3n) is 7.56. The van der Waals surface area contributed by atoms with Gasteiger partial charge in [-0.2, -0.15) is 13.2 Å². The van der Waals surface area contributed by atoms with E-state index in [9.17, 15) is 23.1 Å². The minimum Gasteiger partial charge on any atom is -0.493 e. The van der Waals surface area contributed by atoms with Crippen LogP contribution in [-0.4, -0.2) is 54.4 Å². The molecule has 3 fully saturated rings. The number of thiophene rings is 2. The fourth-order valence-electron chi connectivity index (χ4n) is 5.54. The van der Waals surface area contributed by atoms with Crippen LogP contribution in [0.5, 0.6) is 5.75 Å². The number of benzene rings is 1. The van der Waals surface area contributed by atoms with Gasteiger partial charge in [0.05, 0.1) is 41.6 Å². The smallest absolute Gasteiger partial charge is 0.416 e. The van der Waals surface area contributed by atoms with Crippen LogP contribution in [0.1, 0.15) is 34.6 Å². The maximum atomic E-state index is 13.5. The number of rotatable bonds is 9. The summed E-state index contributed by atoms with van der Waals surface area (Å²) in [5, 5.41) is 15.2. The van der Waals surface area contributed by atoms with Gasteiger partial charge < -0.3 is 19.1 Å². The molecule has 0 radical (unpaired) electrons. The van der Waals surface area contributed by atoms with Crippen molar-refractivity contribution in [2.75, 3.05) is 32.8 Å². The van der Waals surface area contributed by atoms with Crippen LogP contribution in [-0.2, 0) is 21.3 Å². The number of ether oxygens (including phenoxy) is 2. The van der Waals surface area contributed by atoms with Crippen molar-refractivity contribution in [3.63, 3.8) is 0 Å². The van der Waals surface area contributed by atoms with Gasteiger partial charge in [-0.05, 0) is 41.1 Å². The number of alkyl halides is 3. The zero-order chi connectivity index (χ0) is 26.1. The fraction of sp³-hybridized carbons (Fsp3) is 0.444. The molecule has 10 heteroatoms. The highest BCUT2D eigenvalue weighted by Crippen LogP contribution is 2.40. The Balaban J connectivity index is 1.21. The summed E-state index contributed by atoms with van der Waals surface area (Å²) >= 11 is 2.65. The SMILES string of the molecule is O=C(OC1C[N+]2(CCCOc3cccc(C(F)(F)F)c3)CCC1CC2)C(O)(c1cccs1)c1cccs1. The predicted molar refractivity (Wildman–Crippen MR) is 136 cm³/mol. The molecule has 1 N–H and O–H groups in total. The molecule has 37 heavy (non-hydrogen) atoms. The molecule has 5 heterocycles. The van der Waals surface area contributed by atoms with E-state index >= 15 is 0 Å². The van der Waals surface area contributed by atoms with Crippen LogP contribution in [0, 0.1) is 5.92 Å². The van der Waals surface area contributed by atoms with Crippen molar-refractivity contribution in [3.8, 4) is 5.75 Å². The van der Waals surface area contributed by atoms with Gasteiger partial charge in [0, 0.05) is 25.2 Å². The summed E-state index contributed by atoms with van der Waals surface area (Å²) in [5.74, 6) is -0.163. The molecule has 1 aromatic carbocycles. The lowest BCUT2D eigenvalue weighted by molar-refractivity contribution is -0.946. The van der Waals surface area contributed by atoms with Crippen LogP contribution < -0.4 is 4.74 Å². The molecular weight excluding hydrogens is 523 g/mol. The molecule has 3 aliphatic heterocycles. The Bertz CT molecular complexity index is 1150. The summed E-state index contributed by atoms with van der Waals surface area (Å²) in [4.78, 5) is 14.5. The van der Waals surface area contributed by atoms with E-state index in [1.54, 1.807) is 12.1 Å². The van der Waals surface area contributed by atoms with Gasteiger partial charge in [-0.15, -0.1) is 22.7 Å². The molecule has 3 saturated heterocycles. The van der Waals surface area contributed by atoms with E-state index < -0.39 is 23.3 Å². The maximum Gasteiger partial charge on any atom is 0.416 e. The summed E-state index contributed by atoms with van der Waals surface area (Å²) in [7, 11) is 0. The lowest BCUT2D eigenvalue weighted by Crippen LogP contribution is -2.65. The van der Waals surface area contributed by atoms with Crippen molar-refractivity contribution in [1.82, 2.24) is 0 Å². The van der Waals surface area contributed by atoms with Gasteiger partial charge in [0.1, 0.15) is 12.3 Å². The number of aliphatic hydroxyl groups is 1. The lowest BCUT2D eigenvalue weighted by atomic mass is 9.83. The number of carbonyl (C=O) groups excluding carboxylic acids is 1. The van der Waals surface area contributed by atoms with E-state index in [0.717, 1.165) is 49.1 Å². The van der Waals surface area contributed by atoms with Crippen molar-refractivity contribution >= 4 is 28.6 Å². The largest absolute Gasteiger partial charge is 0.493 e.